The van der Waals surface area contributed by atoms with Crippen LogP contribution in [-0.2, 0) is 7.05 Å². The predicted molar refractivity (Wildman–Crippen MR) is 168 cm³/mol. The summed E-state index contributed by atoms with van der Waals surface area (Å²) < 4.78 is 3.09. The Morgan fingerprint density at radius 2 is 1.90 bits per heavy atom. The van der Waals surface area contributed by atoms with Gasteiger partial charge in [-0.1, -0.05) is 54.8 Å². The van der Waals surface area contributed by atoms with E-state index in [0.29, 0.717) is 34.1 Å². The lowest BCUT2D eigenvalue weighted by molar-refractivity contribution is 0.0940. The number of benzene rings is 2. The van der Waals surface area contributed by atoms with Crippen LogP contribution in [0.5, 0.6) is 0 Å². The number of anilines is 1. The first-order valence-corrected chi connectivity index (χ1v) is 14.0. The van der Waals surface area contributed by atoms with Crippen molar-refractivity contribution in [2.75, 3.05) is 25.9 Å². The second-order valence-corrected chi connectivity index (χ2v) is 10.6. The van der Waals surface area contributed by atoms with Crippen LogP contribution in [0, 0.1) is 17.8 Å². The average molecular weight is 562 g/mol. The van der Waals surface area contributed by atoms with Gasteiger partial charge in [-0.3, -0.25) is 14.2 Å². The fourth-order valence-electron chi connectivity index (χ4n) is 5.35. The first-order valence-electron chi connectivity index (χ1n) is 14.0. The molecular formula is C33H35N7O2. The molecule has 1 fully saturated rings. The van der Waals surface area contributed by atoms with E-state index < -0.39 is 11.9 Å². The van der Waals surface area contributed by atoms with Gasteiger partial charge in [0.1, 0.15) is 5.56 Å². The second kappa shape index (κ2) is 12.3. The molecule has 9 heteroatoms. The SMILES string of the molecule is C=C/C=N\c1c(C(=O)NC(C)c2cc3cccc(C#CC4CCN(C)CC4)c3c(=O)n2-c2ccccc2)c(N)nn1C. The summed E-state index contributed by atoms with van der Waals surface area (Å²) in [5.41, 5.74) is 8.07. The van der Waals surface area contributed by atoms with Gasteiger partial charge in [0.2, 0.25) is 0 Å². The number of nitrogens with one attached hydrogen (secondary N) is 1. The summed E-state index contributed by atoms with van der Waals surface area (Å²) in [6, 6.07) is 16.5. The van der Waals surface area contributed by atoms with Gasteiger partial charge >= 0.3 is 0 Å². The van der Waals surface area contributed by atoms with Gasteiger partial charge < -0.3 is 16.0 Å². The molecule has 1 amide bonds. The van der Waals surface area contributed by atoms with Crippen LogP contribution in [0.2, 0.25) is 0 Å². The summed E-state index contributed by atoms with van der Waals surface area (Å²) >= 11 is 0. The van der Waals surface area contributed by atoms with Crippen LogP contribution in [0.25, 0.3) is 16.5 Å². The first kappa shape index (κ1) is 28.6. The number of carbonyl (C=O) groups excluding carboxylic acids is 1. The maximum absolute atomic E-state index is 14.3. The Labute approximate surface area is 245 Å². The van der Waals surface area contributed by atoms with Crippen molar-refractivity contribution in [3.05, 3.63) is 94.4 Å². The summed E-state index contributed by atoms with van der Waals surface area (Å²) in [5, 5.41) is 8.49. The molecule has 0 radical (unpaired) electrons. The van der Waals surface area contributed by atoms with Gasteiger partial charge in [0.15, 0.2) is 11.6 Å². The van der Waals surface area contributed by atoms with Gasteiger partial charge in [0, 0.05) is 36.1 Å². The Hall–Kier alpha value is -4.94. The van der Waals surface area contributed by atoms with Crippen LogP contribution in [-0.4, -0.2) is 51.5 Å². The van der Waals surface area contributed by atoms with E-state index in [9.17, 15) is 9.59 Å². The summed E-state index contributed by atoms with van der Waals surface area (Å²) in [6.45, 7) is 7.52. The number of para-hydroxylation sites is 1. The van der Waals surface area contributed by atoms with Crippen molar-refractivity contribution in [1.82, 2.24) is 24.6 Å². The highest BCUT2D eigenvalue weighted by molar-refractivity contribution is 6.03. The summed E-state index contributed by atoms with van der Waals surface area (Å²) in [4.78, 5) is 34.4. The number of nitrogens with two attached hydrogens (primary N) is 1. The van der Waals surface area contributed by atoms with Gasteiger partial charge in [0.25, 0.3) is 11.5 Å². The topological polar surface area (TPSA) is 111 Å². The molecule has 2 aromatic carbocycles. The Morgan fingerprint density at radius 1 is 1.17 bits per heavy atom. The monoisotopic (exact) mass is 561 g/mol. The molecule has 3 heterocycles. The van der Waals surface area contributed by atoms with E-state index in [1.165, 1.54) is 17.0 Å². The number of aliphatic imine (C=N–C) groups is 1. The molecule has 9 nitrogen and oxygen atoms in total. The Balaban J connectivity index is 1.59. The largest absolute Gasteiger partial charge is 0.381 e. The van der Waals surface area contributed by atoms with Crippen molar-refractivity contribution in [3.63, 3.8) is 0 Å². The van der Waals surface area contributed by atoms with Crippen molar-refractivity contribution in [3.8, 4) is 17.5 Å². The molecule has 214 valence electrons. The zero-order valence-electron chi connectivity index (χ0n) is 24.2. The summed E-state index contributed by atoms with van der Waals surface area (Å²) in [5.74, 6) is 6.99. The van der Waals surface area contributed by atoms with Gasteiger partial charge in [0.05, 0.1) is 11.4 Å². The van der Waals surface area contributed by atoms with Gasteiger partial charge in [-0.25, -0.2) is 9.67 Å². The number of aromatic nitrogens is 3. The molecule has 0 bridgehead atoms. The number of hydrogen-bond acceptors (Lipinski definition) is 6. The first-order chi connectivity index (χ1) is 20.3. The van der Waals surface area contributed by atoms with Crippen molar-refractivity contribution >= 4 is 34.5 Å². The minimum atomic E-state index is -0.570. The molecule has 1 aliphatic heterocycles. The number of amides is 1. The number of fused-ring (bicyclic) bond motifs is 1. The average Bonchev–Trinajstić information content (AvgIpc) is 3.28. The lowest BCUT2D eigenvalue weighted by Gasteiger charge is -2.25. The second-order valence-electron chi connectivity index (χ2n) is 10.6. The molecule has 0 spiro atoms. The molecule has 1 atom stereocenters. The van der Waals surface area contributed by atoms with E-state index in [2.05, 4.69) is 45.8 Å². The maximum Gasteiger partial charge on any atom is 0.264 e. The Bertz CT molecular complexity index is 1780. The molecule has 1 unspecified atom stereocenters. The van der Waals surface area contributed by atoms with E-state index >= 15 is 0 Å². The highest BCUT2D eigenvalue weighted by Crippen LogP contribution is 2.27. The highest BCUT2D eigenvalue weighted by Gasteiger charge is 2.25. The van der Waals surface area contributed by atoms with E-state index in [-0.39, 0.29) is 16.9 Å². The molecule has 3 N–H and O–H groups in total. The number of rotatable bonds is 6. The van der Waals surface area contributed by atoms with E-state index in [4.69, 9.17) is 5.73 Å². The Morgan fingerprint density at radius 3 is 2.62 bits per heavy atom. The number of likely N-dealkylation sites (tertiary alicyclic amines) is 1. The minimum Gasteiger partial charge on any atom is -0.381 e. The molecule has 5 rings (SSSR count). The molecule has 4 aromatic rings. The van der Waals surface area contributed by atoms with Gasteiger partial charge in [-0.15, -0.1) is 0 Å². The molecular weight excluding hydrogens is 526 g/mol. The Kier molecular flexibility index (Phi) is 8.36. The number of carbonyl (C=O) groups is 1. The van der Waals surface area contributed by atoms with E-state index in [1.807, 2.05) is 61.5 Å². The smallest absolute Gasteiger partial charge is 0.264 e. The molecule has 1 aliphatic rings. The number of hydrogen-bond donors (Lipinski definition) is 2. The summed E-state index contributed by atoms with van der Waals surface area (Å²) in [6.07, 6.45) is 5.02. The highest BCUT2D eigenvalue weighted by atomic mass is 16.2. The van der Waals surface area contributed by atoms with E-state index in [1.54, 1.807) is 11.6 Å². The fraction of sp³-hybridized carbons (Fsp3) is 0.273. The normalized spacial score (nSPS) is 14.9. The molecule has 42 heavy (non-hydrogen) atoms. The standard InChI is InChI=1S/C33H35N7O2/c1-5-18-35-31-29(30(34)37-39(31)4)32(41)36-22(2)27-21-25-11-9-10-24(15-14-23-16-19-38(3)20-17-23)28(25)33(42)40(27)26-12-7-6-8-13-26/h5-13,18,21-23H,1,16-17,19-20H2,2-4H3,(H2,34,37)(H,36,41)/b35-18-. The number of piperidine rings is 1. The van der Waals surface area contributed by atoms with Crippen LogP contribution in [0.1, 0.15) is 47.4 Å². The third kappa shape index (κ3) is 5.76. The van der Waals surface area contributed by atoms with Crippen LogP contribution in [0.3, 0.4) is 0 Å². The van der Waals surface area contributed by atoms with Crippen molar-refractivity contribution in [1.29, 1.82) is 0 Å². The van der Waals surface area contributed by atoms with Crippen molar-refractivity contribution in [2.45, 2.75) is 25.8 Å². The number of nitrogen functional groups attached to an aromatic ring is 1. The zero-order valence-corrected chi connectivity index (χ0v) is 24.2. The fourth-order valence-corrected chi connectivity index (χ4v) is 5.35. The third-order valence-electron chi connectivity index (χ3n) is 7.58. The van der Waals surface area contributed by atoms with Crippen LogP contribution < -0.4 is 16.6 Å². The minimum absolute atomic E-state index is 0.0604. The lowest BCUT2D eigenvalue weighted by atomic mass is 9.96. The predicted octanol–water partition coefficient (Wildman–Crippen LogP) is 4.38. The van der Waals surface area contributed by atoms with Gasteiger partial charge in [-0.05, 0) is 69.6 Å². The molecule has 0 saturated carbocycles. The lowest BCUT2D eigenvalue weighted by Crippen LogP contribution is -2.32. The zero-order chi connectivity index (χ0) is 29.8. The van der Waals surface area contributed by atoms with Crippen molar-refractivity contribution in [2.24, 2.45) is 18.0 Å². The van der Waals surface area contributed by atoms with E-state index in [0.717, 1.165) is 31.3 Å². The molecule has 1 saturated heterocycles. The van der Waals surface area contributed by atoms with Crippen molar-refractivity contribution < 1.29 is 4.79 Å². The van der Waals surface area contributed by atoms with Crippen LogP contribution in [0.4, 0.5) is 11.6 Å². The number of pyridine rings is 1. The van der Waals surface area contributed by atoms with Gasteiger partial charge in [-0.2, -0.15) is 5.10 Å². The van der Waals surface area contributed by atoms with Crippen LogP contribution in [0.15, 0.2) is 77.0 Å². The molecule has 0 aliphatic carbocycles. The number of aryl methyl sites for hydroxylation is 1. The maximum atomic E-state index is 14.3. The quantitative estimate of drug-likeness (QED) is 0.268. The molecule has 2 aromatic heterocycles. The van der Waals surface area contributed by atoms with Crippen LogP contribution >= 0.6 is 0 Å². The summed E-state index contributed by atoms with van der Waals surface area (Å²) in [7, 11) is 3.79. The number of nitrogens with zero attached hydrogens (tertiary/aromatic N) is 5. The third-order valence-corrected chi connectivity index (χ3v) is 7.58. The number of allylic oxidation sites excluding steroid dienone is 1.